The maximum Gasteiger partial charge on any atom is 0.207 e. The van der Waals surface area contributed by atoms with Crippen LogP contribution in [-0.4, -0.2) is 12.5 Å². The van der Waals surface area contributed by atoms with Crippen LogP contribution in [0.1, 0.15) is 118 Å². The van der Waals surface area contributed by atoms with Crippen LogP contribution in [0, 0.1) is 52.3 Å². The number of hydrogen-bond acceptors (Lipinski definition) is 1. The van der Waals surface area contributed by atoms with E-state index in [1.165, 1.54) is 83.5 Å². The van der Waals surface area contributed by atoms with E-state index in [2.05, 4.69) is 39.9 Å². The maximum atomic E-state index is 11.0. The van der Waals surface area contributed by atoms with Crippen LogP contribution in [0.4, 0.5) is 0 Å². The molecule has 4 aliphatic carbocycles. The smallest absolute Gasteiger partial charge is 0.207 e. The van der Waals surface area contributed by atoms with Gasteiger partial charge in [-0.15, -0.1) is 0 Å². The molecule has 4 saturated carbocycles. The van der Waals surface area contributed by atoms with Gasteiger partial charge in [0.2, 0.25) is 6.41 Å². The first kappa shape index (κ1) is 23.6. The summed E-state index contributed by atoms with van der Waals surface area (Å²) in [6.07, 6.45) is 19.3. The summed E-state index contributed by atoms with van der Waals surface area (Å²) in [4.78, 5) is 11.0. The minimum absolute atomic E-state index is 0.438. The van der Waals surface area contributed by atoms with Gasteiger partial charge in [-0.2, -0.15) is 0 Å². The monoisotopic (exact) mass is 429 g/mol. The van der Waals surface area contributed by atoms with Gasteiger partial charge in [0.15, 0.2) is 0 Å². The molecule has 0 spiro atoms. The number of unbranched alkanes of at least 4 members (excludes halogenated alkanes) is 1. The summed E-state index contributed by atoms with van der Waals surface area (Å²) in [5.74, 6) is 6.49. The second kappa shape index (κ2) is 9.38. The van der Waals surface area contributed by atoms with Crippen LogP contribution < -0.4 is 5.32 Å². The number of fused-ring (bicyclic) bond motifs is 5. The Morgan fingerprint density at radius 3 is 2.32 bits per heavy atom. The third-order valence-corrected chi connectivity index (χ3v) is 11.4. The Labute approximate surface area is 193 Å². The molecule has 31 heavy (non-hydrogen) atoms. The summed E-state index contributed by atoms with van der Waals surface area (Å²) in [6, 6.07) is 0.438. The van der Waals surface area contributed by atoms with Gasteiger partial charge in [0.25, 0.3) is 0 Å². The molecule has 0 aromatic heterocycles. The molecule has 4 aliphatic rings. The van der Waals surface area contributed by atoms with E-state index in [0.717, 1.165) is 47.8 Å². The quantitative estimate of drug-likeness (QED) is 0.312. The van der Waals surface area contributed by atoms with Crippen molar-refractivity contribution in [2.75, 3.05) is 0 Å². The number of nitrogens with one attached hydrogen (secondary N) is 1. The van der Waals surface area contributed by atoms with Crippen LogP contribution in [0.2, 0.25) is 0 Å². The fourth-order valence-corrected chi connectivity index (χ4v) is 9.70. The highest BCUT2D eigenvalue weighted by Gasteiger charge is 2.60. The van der Waals surface area contributed by atoms with Gasteiger partial charge in [-0.05, 0) is 110 Å². The van der Waals surface area contributed by atoms with Crippen LogP contribution in [0.25, 0.3) is 0 Å². The van der Waals surface area contributed by atoms with Crippen LogP contribution >= 0.6 is 0 Å². The zero-order chi connectivity index (χ0) is 22.2. The molecular formula is C29H51NO. The predicted molar refractivity (Wildman–Crippen MR) is 131 cm³/mol. The van der Waals surface area contributed by atoms with E-state index in [9.17, 15) is 4.79 Å². The van der Waals surface area contributed by atoms with Crippen LogP contribution in [0.5, 0.6) is 0 Å². The Balaban J connectivity index is 1.40. The molecule has 0 heterocycles. The Bertz CT molecular complexity index is 616. The van der Waals surface area contributed by atoms with Crippen molar-refractivity contribution in [3.05, 3.63) is 0 Å². The fourth-order valence-electron chi connectivity index (χ4n) is 9.70. The molecular weight excluding hydrogens is 378 g/mol. The molecule has 1 amide bonds. The lowest BCUT2D eigenvalue weighted by Gasteiger charge is -2.61. The van der Waals surface area contributed by atoms with E-state index >= 15 is 0 Å². The minimum Gasteiger partial charge on any atom is -0.356 e. The highest BCUT2D eigenvalue weighted by atomic mass is 16.1. The number of carbonyl (C=O) groups excluding carboxylic acids is 1. The molecule has 4 fully saturated rings. The molecule has 1 unspecified atom stereocenters. The molecule has 0 radical (unpaired) electrons. The predicted octanol–water partition coefficient (Wildman–Crippen LogP) is 7.61. The van der Waals surface area contributed by atoms with Crippen LogP contribution in [0.15, 0.2) is 0 Å². The summed E-state index contributed by atoms with van der Waals surface area (Å²) in [7, 11) is 0. The van der Waals surface area contributed by atoms with Gasteiger partial charge in [0.05, 0.1) is 0 Å². The number of amides is 1. The van der Waals surface area contributed by atoms with E-state index in [1.807, 2.05) is 0 Å². The molecule has 178 valence electrons. The van der Waals surface area contributed by atoms with Crippen LogP contribution in [0.3, 0.4) is 0 Å². The van der Waals surface area contributed by atoms with Gasteiger partial charge in [0.1, 0.15) is 0 Å². The zero-order valence-electron chi connectivity index (χ0n) is 21.3. The third kappa shape index (κ3) is 4.35. The van der Waals surface area contributed by atoms with Crippen molar-refractivity contribution in [1.82, 2.24) is 5.32 Å². The summed E-state index contributed by atoms with van der Waals surface area (Å²) >= 11 is 0. The summed E-state index contributed by atoms with van der Waals surface area (Å²) in [5.41, 5.74) is 1.14. The summed E-state index contributed by atoms with van der Waals surface area (Å²) in [5, 5.41) is 3.11. The third-order valence-electron chi connectivity index (χ3n) is 11.4. The lowest BCUT2D eigenvalue weighted by Crippen LogP contribution is -2.55. The van der Waals surface area contributed by atoms with E-state index in [0.29, 0.717) is 16.9 Å². The average molecular weight is 430 g/mol. The largest absolute Gasteiger partial charge is 0.356 e. The second-order valence-electron chi connectivity index (χ2n) is 13.3. The Morgan fingerprint density at radius 1 is 0.871 bits per heavy atom. The van der Waals surface area contributed by atoms with E-state index < -0.39 is 0 Å². The average Bonchev–Trinajstić information content (AvgIpc) is 3.08. The first-order valence-corrected chi connectivity index (χ1v) is 14.0. The summed E-state index contributed by atoms with van der Waals surface area (Å²) in [6.45, 7) is 12.7. The zero-order valence-corrected chi connectivity index (χ0v) is 21.3. The van der Waals surface area contributed by atoms with Crippen LogP contribution in [-0.2, 0) is 4.79 Å². The van der Waals surface area contributed by atoms with Crippen molar-refractivity contribution in [3.8, 4) is 0 Å². The maximum absolute atomic E-state index is 11.0. The minimum atomic E-state index is 0.438. The molecule has 1 N–H and O–H groups in total. The SMILES string of the molecule is CC(C)CCCC[C@@H](C)[C@H]1CC[C@H]2[C@@H]3CCC4C[C@H](NC=O)CC[C@]4(C)[C@H]3CC[C@]12C. The normalized spacial score (nSPS) is 45.5. The molecule has 2 heteroatoms. The van der Waals surface area contributed by atoms with Gasteiger partial charge < -0.3 is 5.32 Å². The molecule has 2 nitrogen and oxygen atoms in total. The molecule has 0 aliphatic heterocycles. The highest BCUT2D eigenvalue weighted by molar-refractivity contribution is 5.46. The first-order valence-electron chi connectivity index (χ1n) is 14.0. The lowest BCUT2D eigenvalue weighted by atomic mass is 9.44. The van der Waals surface area contributed by atoms with Gasteiger partial charge in [-0.3, -0.25) is 4.79 Å². The van der Waals surface area contributed by atoms with Crippen molar-refractivity contribution >= 4 is 6.41 Å². The number of rotatable bonds is 8. The van der Waals surface area contributed by atoms with Crippen molar-refractivity contribution < 1.29 is 4.79 Å². The second-order valence-corrected chi connectivity index (χ2v) is 13.3. The molecule has 4 rings (SSSR count). The fraction of sp³-hybridized carbons (Fsp3) is 0.966. The molecule has 0 bridgehead atoms. The number of hydrogen-bond donors (Lipinski definition) is 1. The van der Waals surface area contributed by atoms with Gasteiger partial charge in [-0.1, -0.05) is 60.3 Å². The van der Waals surface area contributed by atoms with Crippen molar-refractivity contribution in [2.24, 2.45) is 52.3 Å². The molecule has 0 saturated heterocycles. The van der Waals surface area contributed by atoms with Gasteiger partial charge in [0, 0.05) is 6.04 Å². The Kier molecular flexibility index (Phi) is 7.15. The van der Waals surface area contributed by atoms with E-state index in [-0.39, 0.29) is 0 Å². The van der Waals surface area contributed by atoms with E-state index in [4.69, 9.17) is 0 Å². The summed E-state index contributed by atoms with van der Waals surface area (Å²) < 4.78 is 0. The first-order chi connectivity index (χ1) is 14.8. The van der Waals surface area contributed by atoms with Crippen molar-refractivity contribution in [2.45, 2.75) is 124 Å². The van der Waals surface area contributed by atoms with Gasteiger partial charge >= 0.3 is 0 Å². The van der Waals surface area contributed by atoms with Crippen molar-refractivity contribution in [1.29, 1.82) is 0 Å². The topological polar surface area (TPSA) is 29.1 Å². The Morgan fingerprint density at radius 2 is 1.58 bits per heavy atom. The number of carbonyl (C=O) groups is 1. The molecule has 0 aromatic carbocycles. The van der Waals surface area contributed by atoms with E-state index in [1.54, 1.807) is 0 Å². The Hall–Kier alpha value is -0.530. The van der Waals surface area contributed by atoms with Gasteiger partial charge in [-0.25, -0.2) is 0 Å². The standard InChI is InChI=1S/C29H51NO/c1-20(2)8-6-7-9-21(3)25-12-13-26-24-11-10-22-18-23(30-19-31)14-16-28(22,4)27(24)15-17-29(25,26)5/h19-27H,6-18H2,1-5H3,(H,30,31)/t21-,22?,23-,24+,25-,26+,27+,28+,29-/m1/s1. The molecule has 9 atom stereocenters. The lowest BCUT2D eigenvalue weighted by molar-refractivity contribution is -0.122. The molecule has 0 aromatic rings. The van der Waals surface area contributed by atoms with Crippen molar-refractivity contribution in [3.63, 3.8) is 0 Å². The highest BCUT2D eigenvalue weighted by Crippen LogP contribution is 2.68.